The van der Waals surface area contributed by atoms with E-state index in [1.165, 1.54) is 23.4 Å². The number of methoxy groups -OCH3 is 1. The number of nitrogens with one attached hydrogen (secondary N) is 1. The van der Waals surface area contributed by atoms with Crippen molar-refractivity contribution in [3.63, 3.8) is 0 Å². The van der Waals surface area contributed by atoms with E-state index in [1.54, 1.807) is 18.4 Å². The summed E-state index contributed by atoms with van der Waals surface area (Å²) < 4.78 is 5.21. The molecule has 0 radical (unpaired) electrons. The summed E-state index contributed by atoms with van der Waals surface area (Å²) in [5, 5.41) is 7.02. The minimum absolute atomic E-state index is 0.409. The fourth-order valence-electron chi connectivity index (χ4n) is 2.96. The van der Waals surface area contributed by atoms with Crippen LogP contribution in [0.4, 0.5) is 0 Å². The number of thiazole rings is 1. The van der Waals surface area contributed by atoms with Crippen LogP contribution in [0.15, 0.2) is 35.8 Å². The van der Waals surface area contributed by atoms with Gasteiger partial charge in [-0.2, -0.15) is 0 Å². The van der Waals surface area contributed by atoms with Gasteiger partial charge in [-0.1, -0.05) is 19.1 Å². The fraction of sp³-hybridized carbons (Fsp3) is 0.471. The highest BCUT2D eigenvalue weighted by atomic mass is 32.1. The predicted molar refractivity (Wildman–Crippen MR) is 87.0 cm³/mol. The second kappa shape index (κ2) is 6.58. The van der Waals surface area contributed by atoms with Crippen LogP contribution in [-0.2, 0) is 0 Å². The van der Waals surface area contributed by atoms with Gasteiger partial charge in [0, 0.05) is 17.6 Å². The first-order chi connectivity index (χ1) is 10.3. The first-order valence-corrected chi connectivity index (χ1v) is 8.47. The molecule has 1 aliphatic carbocycles. The zero-order chi connectivity index (χ0) is 14.7. The van der Waals surface area contributed by atoms with E-state index in [0.717, 1.165) is 12.2 Å². The third-order valence-corrected chi connectivity index (χ3v) is 5.21. The Morgan fingerprint density at radius 3 is 2.67 bits per heavy atom. The molecule has 0 aliphatic heterocycles. The summed E-state index contributed by atoms with van der Waals surface area (Å²) in [7, 11) is 1.71. The van der Waals surface area contributed by atoms with Crippen LogP contribution in [0.3, 0.4) is 0 Å². The maximum Gasteiger partial charge on any atom is 0.118 e. The lowest BCUT2D eigenvalue weighted by atomic mass is 9.75. The van der Waals surface area contributed by atoms with Crippen molar-refractivity contribution in [2.45, 2.75) is 44.2 Å². The van der Waals surface area contributed by atoms with Gasteiger partial charge >= 0.3 is 0 Å². The molecule has 1 aromatic carbocycles. The Morgan fingerprint density at radius 1 is 1.33 bits per heavy atom. The zero-order valence-corrected chi connectivity index (χ0v) is 13.4. The van der Waals surface area contributed by atoms with Crippen LogP contribution in [-0.4, -0.2) is 18.1 Å². The van der Waals surface area contributed by atoms with E-state index in [0.29, 0.717) is 18.0 Å². The molecule has 112 valence electrons. The van der Waals surface area contributed by atoms with Crippen molar-refractivity contribution in [3.05, 3.63) is 46.4 Å². The summed E-state index contributed by atoms with van der Waals surface area (Å²) in [6.07, 6.45) is 5.42. The third kappa shape index (κ3) is 3.27. The maximum atomic E-state index is 5.21. The third-order valence-electron chi connectivity index (χ3n) is 4.32. The molecule has 4 heteroatoms. The first-order valence-electron chi connectivity index (χ1n) is 7.59. The van der Waals surface area contributed by atoms with Gasteiger partial charge in [-0.3, -0.25) is 0 Å². The van der Waals surface area contributed by atoms with Crippen LogP contribution in [0, 0.1) is 0 Å². The van der Waals surface area contributed by atoms with Gasteiger partial charge in [0.2, 0.25) is 0 Å². The highest BCUT2D eigenvalue weighted by Gasteiger charge is 2.32. The molecule has 3 rings (SSSR count). The summed E-state index contributed by atoms with van der Waals surface area (Å²) in [5.41, 5.74) is 1.43. The van der Waals surface area contributed by atoms with E-state index >= 15 is 0 Å². The van der Waals surface area contributed by atoms with Crippen molar-refractivity contribution in [3.8, 4) is 5.75 Å². The molecule has 1 atom stereocenters. The lowest BCUT2D eigenvalue weighted by Crippen LogP contribution is -2.41. The highest BCUT2D eigenvalue weighted by Crippen LogP contribution is 2.38. The largest absolute Gasteiger partial charge is 0.497 e. The lowest BCUT2D eigenvalue weighted by molar-refractivity contribution is 0.262. The number of benzene rings is 1. The maximum absolute atomic E-state index is 5.21. The first kappa shape index (κ1) is 14.5. The Morgan fingerprint density at radius 2 is 2.10 bits per heavy atom. The summed E-state index contributed by atoms with van der Waals surface area (Å²) in [6, 6.07) is 9.52. The lowest BCUT2D eigenvalue weighted by Gasteiger charge is -2.38. The standard InChI is InChI=1S/C17H22N2OS/c1-3-16(17-18-8-9-21-17)19-14-10-13(11-14)12-4-6-15(20-2)7-5-12/h4-9,13-14,16,19H,3,10-11H2,1-2H3. The molecule has 1 aromatic heterocycles. The minimum Gasteiger partial charge on any atom is -0.497 e. The number of aromatic nitrogens is 1. The number of rotatable bonds is 6. The van der Waals surface area contributed by atoms with Gasteiger partial charge in [0.25, 0.3) is 0 Å². The second-order valence-electron chi connectivity index (χ2n) is 5.64. The SMILES string of the molecule is CCC(NC1CC(c2ccc(OC)cc2)C1)c1nccs1. The predicted octanol–water partition coefficient (Wildman–Crippen LogP) is 4.14. The zero-order valence-electron chi connectivity index (χ0n) is 12.6. The van der Waals surface area contributed by atoms with Crippen LogP contribution in [0.2, 0.25) is 0 Å². The molecule has 0 saturated heterocycles. The van der Waals surface area contributed by atoms with E-state index in [9.17, 15) is 0 Å². The van der Waals surface area contributed by atoms with Crippen molar-refractivity contribution in [1.82, 2.24) is 10.3 Å². The van der Waals surface area contributed by atoms with Gasteiger partial charge in [-0.25, -0.2) is 4.98 Å². The van der Waals surface area contributed by atoms with E-state index in [-0.39, 0.29) is 0 Å². The van der Waals surface area contributed by atoms with Gasteiger partial charge in [-0.05, 0) is 42.9 Å². The number of hydrogen-bond acceptors (Lipinski definition) is 4. The molecule has 1 N–H and O–H groups in total. The fourth-order valence-corrected chi connectivity index (χ4v) is 3.74. The molecule has 1 saturated carbocycles. The Kier molecular flexibility index (Phi) is 4.56. The molecule has 1 fully saturated rings. The smallest absolute Gasteiger partial charge is 0.118 e. The van der Waals surface area contributed by atoms with Crippen LogP contribution in [0.25, 0.3) is 0 Å². The van der Waals surface area contributed by atoms with Crippen LogP contribution in [0.5, 0.6) is 5.75 Å². The second-order valence-corrected chi connectivity index (χ2v) is 6.56. The molecule has 0 amide bonds. The molecule has 1 aliphatic rings. The van der Waals surface area contributed by atoms with E-state index in [2.05, 4.69) is 46.9 Å². The van der Waals surface area contributed by atoms with E-state index in [4.69, 9.17) is 4.74 Å². The topological polar surface area (TPSA) is 34.1 Å². The molecule has 0 bridgehead atoms. The Hall–Kier alpha value is -1.39. The molecule has 3 nitrogen and oxygen atoms in total. The number of ether oxygens (including phenoxy) is 1. The molecule has 2 aromatic rings. The minimum atomic E-state index is 0.409. The van der Waals surface area contributed by atoms with Gasteiger partial charge in [0.05, 0.1) is 13.2 Å². The molecular weight excluding hydrogens is 280 g/mol. The monoisotopic (exact) mass is 302 g/mol. The van der Waals surface area contributed by atoms with Crippen molar-refractivity contribution in [2.75, 3.05) is 7.11 Å². The molecule has 0 spiro atoms. The molecule has 1 heterocycles. The van der Waals surface area contributed by atoms with Crippen molar-refractivity contribution < 1.29 is 4.74 Å². The average Bonchev–Trinajstić information content (AvgIpc) is 3.01. The van der Waals surface area contributed by atoms with Gasteiger partial charge in [0.15, 0.2) is 0 Å². The van der Waals surface area contributed by atoms with Gasteiger partial charge in [0.1, 0.15) is 10.8 Å². The van der Waals surface area contributed by atoms with Crippen molar-refractivity contribution in [2.24, 2.45) is 0 Å². The van der Waals surface area contributed by atoms with Gasteiger partial charge < -0.3 is 10.1 Å². The van der Waals surface area contributed by atoms with Crippen molar-refractivity contribution >= 4 is 11.3 Å². The Labute approximate surface area is 130 Å². The Bertz CT molecular complexity index is 547. The molecule has 1 unspecified atom stereocenters. The highest BCUT2D eigenvalue weighted by molar-refractivity contribution is 7.09. The summed E-state index contributed by atoms with van der Waals surface area (Å²) >= 11 is 1.75. The van der Waals surface area contributed by atoms with Crippen LogP contribution >= 0.6 is 11.3 Å². The van der Waals surface area contributed by atoms with E-state index in [1.807, 2.05) is 6.20 Å². The molecule has 21 heavy (non-hydrogen) atoms. The van der Waals surface area contributed by atoms with E-state index < -0.39 is 0 Å². The quantitative estimate of drug-likeness (QED) is 0.871. The summed E-state index contributed by atoms with van der Waals surface area (Å²) in [4.78, 5) is 4.44. The van der Waals surface area contributed by atoms with Crippen LogP contribution in [0.1, 0.15) is 48.7 Å². The summed E-state index contributed by atoms with van der Waals surface area (Å²) in [5.74, 6) is 1.62. The normalized spacial score (nSPS) is 22.6. The van der Waals surface area contributed by atoms with Crippen molar-refractivity contribution in [1.29, 1.82) is 0 Å². The molecular formula is C17H22N2OS. The number of hydrogen-bond donors (Lipinski definition) is 1. The summed E-state index contributed by atoms with van der Waals surface area (Å²) in [6.45, 7) is 2.22. The average molecular weight is 302 g/mol. The number of nitrogens with zero attached hydrogens (tertiary/aromatic N) is 1. The van der Waals surface area contributed by atoms with Crippen LogP contribution < -0.4 is 10.1 Å². The Balaban J connectivity index is 1.53. The van der Waals surface area contributed by atoms with Gasteiger partial charge in [-0.15, -0.1) is 11.3 Å².